The third kappa shape index (κ3) is 3.44. The molecule has 7 heteroatoms. The smallest absolute Gasteiger partial charge is 0.319 e. The maximum absolute atomic E-state index is 11.7. The van der Waals surface area contributed by atoms with Crippen LogP contribution in [0.3, 0.4) is 0 Å². The van der Waals surface area contributed by atoms with Gasteiger partial charge in [-0.15, -0.1) is 0 Å². The van der Waals surface area contributed by atoms with Gasteiger partial charge in [0.25, 0.3) is 5.91 Å². The Bertz CT molecular complexity index is 828. The number of hydrogen-bond donors (Lipinski definition) is 2. The van der Waals surface area contributed by atoms with Crippen LogP contribution in [0.15, 0.2) is 36.2 Å². The van der Waals surface area contributed by atoms with Gasteiger partial charge in [-0.2, -0.15) is 5.26 Å². The summed E-state index contributed by atoms with van der Waals surface area (Å²) in [6.45, 7) is 3.79. The minimum absolute atomic E-state index is 0.196. The van der Waals surface area contributed by atoms with E-state index in [1.165, 1.54) is 6.08 Å². The van der Waals surface area contributed by atoms with Gasteiger partial charge in [-0.05, 0) is 43.7 Å². The van der Waals surface area contributed by atoms with Crippen molar-refractivity contribution in [2.45, 2.75) is 13.8 Å². The second kappa shape index (κ2) is 6.58. The molecule has 0 saturated heterocycles. The zero-order valence-corrected chi connectivity index (χ0v) is 12.7. The predicted molar refractivity (Wildman–Crippen MR) is 84.4 cm³/mol. The number of aromatic nitrogens is 2. The molecule has 7 nitrogen and oxygen atoms in total. The Morgan fingerprint density at radius 2 is 2.00 bits per heavy atom. The molecular weight excluding hydrogens is 294 g/mol. The third-order valence-corrected chi connectivity index (χ3v) is 3.29. The van der Waals surface area contributed by atoms with Gasteiger partial charge in [-0.3, -0.25) is 15.1 Å². The maximum Gasteiger partial charge on any atom is 0.319 e. The molecular formula is C16H15N5O2. The molecule has 2 rings (SSSR count). The predicted octanol–water partition coefficient (Wildman–Crippen LogP) is 1.59. The van der Waals surface area contributed by atoms with E-state index < -0.39 is 11.9 Å². The molecule has 0 fully saturated rings. The summed E-state index contributed by atoms with van der Waals surface area (Å²) in [4.78, 5) is 26.5. The summed E-state index contributed by atoms with van der Waals surface area (Å²) < 4.78 is 1.98. The number of pyridine rings is 1. The van der Waals surface area contributed by atoms with E-state index in [1.807, 2.05) is 41.9 Å². The van der Waals surface area contributed by atoms with Crippen LogP contribution >= 0.6 is 0 Å². The van der Waals surface area contributed by atoms with Crippen LogP contribution in [0.5, 0.6) is 0 Å². The van der Waals surface area contributed by atoms with E-state index in [4.69, 9.17) is 11.0 Å². The van der Waals surface area contributed by atoms with Gasteiger partial charge >= 0.3 is 6.03 Å². The van der Waals surface area contributed by atoms with Gasteiger partial charge in [-0.1, -0.05) is 0 Å². The number of primary amides is 1. The molecule has 0 bridgehead atoms. The molecule has 0 aliphatic rings. The Hall–Kier alpha value is -3.40. The van der Waals surface area contributed by atoms with E-state index in [1.54, 1.807) is 18.5 Å². The number of carbonyl (C=O) groups is 2. The minimum Gasteiger partial charge on any atom is -0.351 e. The second-order valence-electron chi connectivity index (χ2n) is 4.86. The first kappa shape index (κ1) is 16.0. The number of nitriles is 1. The number of hydrogen-bond acceptors (Lipinski definition) is 4. The summed E-state index contributed by atoms with van der Waals surface area (Å²) in [6.07, 6.45) is 4.80. The highest BCUT2D eigenvalue weighted by atomic mass is 16.2. The summed E-state index contributed by atoms with van der Waals surface area (Å²) in [6, 6.07) is 6.34. The van der Waals surface area contributed by atoms with Crippen molar-refractivity contribution in [1.29, 1.82) is 5.26 Å². The first-order valence-electron chi connectivity index (χ1n) is 6.76. The van der Waals surface area contributed by atoms with Crippen LogP contribution in [0, 0.1) is 25.2 Å². The standard InChI is InChI=1S/C16H15N5O2/c1-10-7-12(8-13(9-17)15(22)20-16(18)23)11(2)21(10)14-3-5-19-6-4-14/h3-8H,1-2H3,(H3,18,20,22,23)/b13-8-. The molecule has 0 saturated carbocycles. The van der Waals surface area contributed by atoms with Crippen LogP contribution in [0.25, 0.3) is 11.8 Å². The van der Waals surface area contributed by atoms with E-state index in [-0.39, 0.29) is 5.57 Å². The van der Waals surface area contributed by atoms with Crippen molar-refractivity contribution < 1.29 is 9.59 Å². The zero-order valence-electron chi connectivity index (χ0n) is 12.7. The molecule has 0 aliphatic carbocycles. The minimum atomic E-state index is -1.00. The van der Waals surface area contributed by atoms with Crippen molar-refractivity contribution in [3.63, 3.8) is 0 Å². The lowest BCUT2D eigenvalue weighted by atomic mass is 10.1. The summed E-state index contributed by atoms with van der Waals surface area (Å²) in [5.74, 6) is -0.825. The Morgan fingerprint density at radius 1 is 1.35 bits per heavy atom. The maximum atomic E-state index is 11.7. The number of nitrogens with two attached hydrogens (primary N) is 1. The Morgan fingerprint density at radius 3 is 2.57 bits per heavy atom. The van der Waals surface area contributed by atoms with Gasteiger partial charge in [0.1, 0.15) is 11.6 Å². The fourth-order valence-electron chi connectivity index (χ4n) is 2.31. The third-order valence-electron chi connectivity index (χ3n) is 3.29. The van der Waals surface area contributed by atoms with Crippen LogP contribution in [-0.4, -0.2) is 21.5 Å². The normalized spacial score (nSPS) is 10.9. The summed E-state index contributed by atoms with van der Waals surface area (Å²) in [5, 5.41) is 11.0. The topological polar surface area (TPSA) is 114 Å². The largest absolute Gasteiger partial charge is 0.351 e. The number of nitrogens with one attached hydrogen (secondary N) is 1. The molecule has 2 aromatic rings. The van der Waals surface area contributed by atoms with Gasteiger partial charge < -0.3 is 10.3 Å². The SMILES string of the molecule is Cc1cc(/C=C(/C#N)C(=O)NC(N)=O)c(C)n1-c1ccncc1. The van der Waals surface area contributed by atoms with Gasteiger partial charge in [0.15, 0.2) is 0 Å². The van der Waals surface area contributed by atoms with Crippen molar-refractivity contribution in [2.75, 3.05) is 0 Å². The van der Waals surface area contributed by atoms with Crippen LogP contribution < -0.4 is 11.1 Å². The molecule has 0 aliphatic heterocycles. The quantitative estimate of drug-likeness (QED) is 0.662. The molecule has 0 unspecified atom stereocenters. The van der Waals surface area contributed by atoms with E-state index >= 15 is 0 Å². The molecule has 0 aromatic carbocycles. The van der Waals surface area contributed by atoms with Crippen LogP contribution in [0.1, 0.15) is 17.0 Å². The van der Waals surface area contributed by atoms with E-state index in [0.29, 0.717) is 5.56 Å². The average Bonchev–Trinajstić information content (AvgIpc) is 2.79. The second-order valence-corrected chi connectivity index (χ2v) is 4.86. The van der Waals surface area contributed by atoms with E-state index in [0.717, 1.165) is 17.1 Å². The van der Waals surface area contributed by atoms with Crippen molar-refractivity contribution in [3.05, 3.63) is 53.1 Å². The molecule has 2 heterocycles. The first-order chi connectivity index (χ1) is 10.9. The highest BCUT2D eigenvalue weighted by Crippen LogP contribution is 2.22. The molecule has 3 amide bonds. The number of urea groups is 1. The Kier molecular flexibility index (Phi) is 4.57. The number of rotatable bonds is 3. The summed E-state index contributed by atoms with van der Waals surface area (Å²) in [7, 11) is 0. The molecule has 116 valence electrons. The number of nitrogens with zero attached hydrogens (tertiary/aromatic N) is 3. The van der Waals surface area contributed by atoms with Crippen LogP contribution in [-0.2, 0) is 4.79 Å². The lowest BCUT2D eigenvalue weighted by Gasteiger charge is -2.08. The highest BCUT2D eigenvalue weighted by molar-refractivity contribution is 6.08. The Balaban J connectivity index is 2.46. The van der Waals surface area contributed by atoms with E-state index in [9.17, 15) is 9.59 Å². The average molecular weight is 309 g/mol. The van der Waals surface area contributed by atoms with Gasteiger partial charge in [0.05, 0.1) is 0 Å². The van der Waals surface area contributed by atoms with Crippen molar-refractivity contribution in [2.24, 2.45) is 5.73 Å². The van der Waals surface area contributed by atoms with Gasteiger partial charge in [0, 0.05) is 29.5 Å². The van der Waals surface area contributed by atoms with E-state index in [2.05, 4.69) is 4.98 Å². The highest BCUT2D eigenvalue weighted by Gasteiger charge is 2.14. The van der Waals surface area contributed by atoms with Gasteiger partial charge in [-0.25, -0.2) is 4.79 Å². The molecule has 2 aromatic heterocycles. The van der Waals surface area contributed by atoms with Crippen LogP contribution in [0.4, 0.5) is 4.79 Å². The molecule has 3 N–H and O–H groups in total. The van der Waals surface area contributed by atoms with Crippen molar-refractivity contribution >= 4 is 18.0 Å². The summed E-state index contributed by atoms with van der Waals surface area (Å²) in [5.41, 5.74) is 8.12. The molecule has 0 atom stereocenters. The molecule has 0 radical (unpaired) electrons. The number of imide groups is 1. The van der Waals surface area contributed by atoms with Crippen LogP contribution in [0.2, 0.25) is 0 Å². The summed E-state index contributed by atoms with van der Waals surface area (Å²) >= 11 is 0. The fraction of sp³-hybridized carbons (Fsp3) is 0.125. The lowest BCUT2D eigenvalue weighted by Crippen LogP contribution is -2.35. The van der Waals surface area contributed by atoms with Crippen molar-refractivity contribution in [1.82, 2.24) is 14.9 Å². The lowest BCUT2D eigenvalue weighted by molar-refractivity contribution is -0.115. The monoisotopic (exact) mass is 309 g/mol. The molecule has 0 spiro atoms. The number of aryl methyl sites for hydroxylation is 1. The zero-order chi connectivity index (χ0) is 17.0. The fourth-order valence-corrected chi connectivity index (χ4v) is 2.31. The molecule has 23 heavy (non-hydrogen) atoms. The van der Waals surface area contributed by atoms with Crippen molar-refractivity contribution in [3.8, 4) is 11.8 Å². The van der Waals surface area contributed by atoms with Gasteiger partial charge in [0.2, 0.25) is 0 Å². The first-order valence-corrected chi connectivity index (χ1v) is 6.76. The number of carbonyl (C=O) groups excluding carboxylic acids is 2. The Labute approximate surface area is 133 Å². The number of amides is 3.